The van der Waals surface area contributed by atoms with Gasteiger partial charge in [0.15, 0.2) is 0 Å². The Kier molecular flexibility index (Phi) is 4.63. The zero-order valence-electron chi connectivity index (χ0n) is 13.0. The summed E-state index contributed by atoms with van der Waals surface area (Å²) in [4.78, 5) is 11.5. The van der Waals surface area contributed by atoms with Crippen molar-refractivity contribution in [2.75, 3.05) is 11.9 Å². The van der Waals surface area contributed by atoms with E-state index in [0.717, 1.165) is 11.6 Å². The fourth-order valence-electron chi connectivity index (χ4n) is 3.96. The Labute approximate surface area is 126 Å². The minimum atomic E-state index is 0.0506. The number of anilines is 1. The van der Waals surface area contributed by atoms with Crippen molar-refractivity contribution in [3.05, 3.63) is 28.7 Å². The molecule has 0 spiro atoms. The molecule has 1 aromatic heterocycles. The van der Waals surface area contributed by atoms with Gasteiger partial charge in [-0.15, -0.1) is 0 Å². The molecule has 1 aliphatic carbocycles. The summed E-state index contributed by atoms with van der Waals surface area (Å²) in [6.45, 7) is 1.17. The zero-order chi connectivity index (χ0) is 14.7. The van der Waals surface area contributed by atoms with E-state index in [9.17, 15) is 4.79 Å². The summed E-state index contributed by atoms with van der Waals surface area (Å²) in [5.41, 5.74) is 1.12. The van der Waals surface area contributed by atoms with Crippen molar-refractivity contribution in [3.8, 4) is 0 Å². The molecular weight excluding hydrogens is 262 g/mol. The summed E-state index contributed by atoms with van der Waals surface area (Å²) in [6.07, 6.45) is 11.1. The fraction of sp³-hybridized carbons (Fsp3) is 0.706. The molecule has 3 atom stereocenters. The maximum atomic E-state index is 11.5. The Hall–Kier alpha value is -1.29. The first-order valence-electron chi connectivity index (χ1n) is 8.40. The molecule has 1 saturated carbocycles. The van der Waals surface area contributed by atoms with Gasteiger partial charge in [-0.1, -0.05) is 19.3 Å². The summed E-state index contributed by atoms with van der Waals surface area (Å²) >= 11 is 0. The van der Waals surface area contributed by atoms with E-state index < -0.39 is 0 Å². The minimum Gasteiger partial charge on any atom is -0.381 e. The molecule has 0 amide bonds. The van der Waals surface area contributed by atoms with E-state index in [-0.39, 0.29) is 5.56 Å². The molecule has 4 nitrogen and oxygen atoms in total. The maximum absolute atomic E-state index is 11.5. The highest BCUT2D eigenvalue weighted by molar-refractivity contribution is 5.41. The van der Waals surface area contributed by atoms with Gasteiger partial charge < -0.3 is 15.2 Å². The molecule has 116 valence electrons. The predicted molar refractivity (Wildman–Crippen MR) is 86.7 cm³/mol. The highest BCUT2D eigenvalue weighted by atomic mass is 16.1. The topological polar surface area (TPSA) is 46.1 Å². The van der Waals surface area contributed by atoms with Crippen LogP contribution in [0.15, 0.2) is 23.1 Å². The number of rotatable bonds is 3. The molecule has 0 aromatic carbocycles. The third kappa shape index (κ3) is 3.49. The lowest BCUT2D eigenvalue weighted by Crippen LogP contribution is -2.48. The number of hydrogen-bond acceptors (Lipinski definition) is 3. The van der Waals surface area contributed by atoms with E-state index >= 15 is 0 Å². The fourth-order valence-corrected chi connectivity index (χ4v) is 3.96. The Morgan fingerprint density at radius 3 is 2.71 bits per heavy atom. The molecule has 1 aromatic rings. The number of piperidine rings is 1. The molecule has 1 aliphatic heterocycles. The van der Waals surface area contributed by atoms with Crippen molar-refractivity contribution in [1.29, 1.82) is 0 Å². The second kappa shape index (κ2) is 6.65. The lowest BCUT2D eigenvalue weighted by molar-refractivity contribution is 0.217. The standard InChI is InChI=1S/C17H27N3O/c1-20-12-13(9-10-17(20)21)19-16-8-3-2-6-14(16)15-7-4-5-11-18-15/h9-10,12,14-16,18-19H,2-8,11H2,1H3. The Morgan fingerprint density at radius 2 is 1.95 bits per heavy atom. The van der Waals surface area contributed by atoms with E-state index in [2.05, 4.69) is 10.6 Å². The van der Waals surface area contributed by atoms with Crippen LogP contribution in [-0.4, -0.2) is 23.2 Å². The van der Waals surface area contributed by atoms with Gasteiger partial charge in [-0.2, -0.15) is 0 Å². The molecule has 2 aliphatic rings. The van der Waals surface area contributed by atoms with E-state index in [1.54, 1.807) is 10.6 Å². The molecule has 21 heavy (non-hydrogen) atoms. The molecule has 3 unspecified atom stereocenters. The highest BCUT2D eigenvalue weighted by Gasteiger charge is 2.32. The van der Waals surface area contributed by atoms with Crippen molar-refractivity contribution < 1.29 is 0 Å². The largest absolute Gasteiger partial charge is 0.381 e. The lowest BCUT2D eigenvalue weighted by atomic mass is 9.77. The van der Waals surface area contributed by atoms with E-state index in [4.69, 9.17) is 0 Å². The van der Waals surface area contributed by atoms with E-state index in [1.165, 1.54) is 51.5 Å². The molecule has 0 radical (unpaired) electrons. The third-order valence-corrected chi connectivity index (χ3v) is 5.12. The second-order valence-corrected chi connectivity index (χ2v) is 6.62. The number of aromatic nitrogens is 1. The number of aryl methyl sites for hydroxylation is 1. The van der Waals surface area contributed by atoms with Crippen molar-refractivity contribution >= 4 is 5.69 Å². The van der Waals surface area contributed by atoms with E-state index in [1.807, 2.05) is 19.3 Å². The molecule has 4 heteroatoms. The van der Waals surface area contributed by atoms with Crippen molar-refractivity contribution in [1.82, 2.24) is 9.88 Å². The van der Waals surface area contributed by atoms with Gasteiger partial charge in [-0.3, -0.25) is 4.79 Å². The van der Waals surface area contributed by atoms with Gasteiger partial charge in [0.25, 0.3) is 0 Å². The predicted octanol–water partition coefficient (Wildman–Crippen LogP) is 2.50. The van der Waals surface area contributed by atoms with Gasteiger partial charge in [0.05, 0.1) is 5.69 Å². The van der Waals surface area contributed by atoms with Gasteiger partial charge in [0.2, 0.25) is 5.56 Å². The van der Waals surface area contributed by atoms with Crippen LogP contribution in [0.1, 0.15) is 44.9 Å². The van der Waals surface area contributed by atoms with Crippen molar-refractivity contribution in [2.45, 2.75) is 57.0 Å². The van der Waals surface area contributed by atoms with Gasteiger partial charge in [0, 0.05) is 31.4 Å². The Bertz CT molecular complexity index is 519. The van der Waals surface area contributed by atoms with Crippen LogP contribution in [0.25, 0.3) is 0 Å². The summed E-state index contributed by atoms with van der Waals surface area (Å²) in [7, 11) is 1.81. The molecule has 2 heterocycles. The van der Waals surface area contributed by atoms with E-state index in [0.29, 0.717) is 12.1 Å². The number of nitrogens with one attached hydrogen (secondary N) is 2. The van der Waals surface area contributed by atoms with Crippen molar-refractivity contribution in [3.63, 3.8) is 0 Å². The third-order valence-electron chi connectivity index (χ3n) is 5.12. The Morgan fingerprint density at radius 1 is 1.14 bits per heavy atom. The van der Waals surface area contributed by atoms with Crippen LogP contribution in [0.4, 0.5) is 5.69 Å². The molecule has 2 fully saturated rings. The van der Waals surface area contributed by atoms with Gasteiger partial charge in [-0.25, -0.2) is 0 Å². The zero-order valence-corrected chi connectivity index (χ0v) is 13.0. The molecule has 2 N–H and O–H groups in total. The Balaban J connectivity index is 1.71. The van der Waals surface area contributed by atoms with Gasteiger partial charge in [-0.05, 0) is 44.2 Å². The average Bonchev–Trinajstić information content (AvgIpc) is 2.52. The molecule has 3 rings (SSSR count). The first-order valence-corrected chi connectivity index (χ1v) is 8.40. The summed E-state index contributed by atoms with van der Waals surface area (Å²) in [5.74, 6) is 0.719. The summed E-state index contributed by atoms with van der Waals surface area (Å²) in [5, 5.41) is 7.43. The van der Waals surface area contributed by atoms with Crippen LogP contribution < -0.4 is 16.2 Å². The van der Waals surface area contributed by atoms with Crippen LogP contribution in [-0.2, 0) is 7.05 Å². The lowest BCUT2D eigenvalue weighted by Gasteiger charge is -2.40. The second-order valence-electron chi connectivity index (χ2n) is 6.62. The normalized spacial score (nSPS) is 30.0. The highest BCUT2D eigenvalue weighted by Crippen LogP contribution is 2.32. The van der Waals surface area contributed by atoms with Gasteiger partial charge >= 0.3 is 0 Å². The molecular formula is C17H27N3O. The van der Waals surface area contributed by atoms with Crippen LogP contribution in [0.2, 0.25) is 0 Å². The first-order chi connectivity index (χ1) is 10.2. The molecule has 0 bridgehead atoms. The minimum absolute atomic E-state index is 0.0506. The summed E-state index contributed by atoms with van der Waals surface area (Å²) < 4.78 is 1.65. The first kappa shape index (κ1) is 14.6. The number of nitrogens with zero attached hydrogens (tertiary/aromatic N) is 1. The molecule has 1 saturated heterocycles. The average molecular weight is 289 g/mol. The number of pyridine rings is 1. The monoisotopic (exact) mass is 289 g/mol. The van der Waals surface area contributed by atoms with Gasteiger partial charge in [0.1, 0.15) is 0 Å². The summed E-state index contributed by atoms with van der Waals surface area (Å²) in [6, 6.07) is 4.78. The van der Waals surface area contributed by atoms with Crippen molar-refractivity contribution in [2.24, 2.45) is 13.0 Å². The van der Waals surface area contributed by atoms with Crippen LogP contribution >= 0.6 is 0 Å². The van der Waals surface area contributed by atoms with Crippen LogP contribution in [0.5, 0.6) is 0 Å². The number of hydrogen-bond donors (Lipinski definition) is 2. The smallest absolute Gasteiger partial charge is 0.250 e. The quantitative estimate of drug-likeness (QED) is 0.898. The van der Waals surface area contributed by atoms with Crippen LogP contribution in [0.3, 0.4) is 0 Å². The maximum Gasteiger partial charge on any atom is 0.250 e. The SMILES string of the molecule is Cn1cc(NC2CCCCC2C2CCCCN2)ccc1=O. The van der Waals surface area contributed by atoms with Crippen LogP contribution in [0, 0.1) is 5.92 Å².